The van der Waals surface area contributed by atoms with E-state index in [1.807, 2.05) is 0 Å². The summed E-state index contributed by atoms with van der Waals surface area (Å²) in [4.78, 5) is 0.142. The minimum atomic E-state index is -3.81. The van der Waals surface area contributed by atoms with Gasteiger partial charge in [-0.1, -0.05) is 23.7 Å². The molecule has 8 heteroatoms. The van der Waals surface area contributed by atoms with Crippen molar-refractivity contribution in [3.8, 4) is 11.5 Å². The Labute approximate surface area is 157 Å². The van der Waals surface area contributed by atoms with Gasteiger partial charge in [0.25, 0.3) is 10.0 Å². The Balaban J connectivity index is 1.99. The van der Waals surface area contributed by atoms with Gasteiger partial charge in [0.1, 0.15) is 10.7 Å². The Bertz CT molecular complexity index is 1030. The van der Waals surface area contributed by atoms with Gasteiger partial charge in [-0.05, 0) is 36.8 Å². The molecule has 0 aromatic heterocycles. The Morgan fingerprint density at radius 1 is 1.04 bits per heavy atom. The minimum Gasteiger partial charge on any atom is -0.493 e. The molecule has 2 aromatic carbocycles. The SMILES string of the molecule is COc1ccc(NC2=NS(=O)(=O)C(c3cccc(Cl)c3)=C2C)cc1OC. The lowest BCUT2D eigenvalue weighted by molar-refractivity contribution is 0.355. The number of ether oxygens (including phenoxy) is 2. The van der Waals surface area contributed by atoms with Gasteiger partial charge in [0.15, 0.2) is 11.5 Å². The summed E-state index contributed by atoms with van der Waals surface area (Å²) in [7, 11) is -0.740. The molecule has 0 unspecified atom stereocenters. The Morgan fingerprint density at radius 2 is 1.77 bits per heavy atom. The minimum absolute atomic E-state index is 0.142. The highest BCUT2D eigenvalue weighted by Gasteiger charge is 2.31. The smallest absolute Gasteiger partial charge is 0.285 e. The fourth-order valence-corrected chi connectivity index (χ4v) is 4.31. The molecule has 2 aromatic rings. The van der Waals surface area contributed by atoms with Crippen molar-refractivity contribution in [3.63, 3.8) is 0 Å². The van der Waals surface area contributed by atoms with Gasteiger partial charge in [-0.3, -0.25) is 0 Å². The molecule has 0 bridgehead atoms. The number of rotatable bonds is 4. The maximum absolute atomic E-state index is 12.5. The number of sulfonamides is 1. The van der Waals surface area contributed by atoms with Gasteiger partial charge >= 0.3 is 0 Å². The third-order valence-electron chi connectivity index (χ3n) is 3.90. The van der Waals surface area contributed by atoms with E-state index < -0.39 is 10.0 Å². The monoisotopic (exact) mass is 392 g/mol. The van der Waals surface area contributed by atoms with Gasteiger partial charge in [0.2, 0.25) is 0 Å². The number of anilines is 1. The number of benzene rings is 2. The van der Waals surface area contributed by atoms with E-state index in [0.717, 1.165) is 0 Å². The summed E-state index contributed by atoms with van der Waals surface area (Å²) in [5.41, 5.74) is 1.65. The normalized spacial score (nSPS) is 15.6. The van der Waals surface area contributed by atoms with E-state index in [1.54, 1.807) is 56.5 Å². The van der Waals surface area contributed by atoms with E-state index in [1.165, 1.54) is 7.11 Å². The van der Waals surface area contributed by atoms with Crippen molar-refractivity contribution in [3.05, 3.63) is 58.6 Å². The van der Waals surface area contributed by atoms with Crippen molar-refractivity contribution in [1.29, 1.82) is 0 Å². The van der Waals surface area contributed by atoms with Gasteiger partial charge in [0, 0.05) is 22.3 Å². The first-order chi connectivity index (χ1) is 12.4. The molecule has 0 fully saturated rings. The predicted octanol–water partition coefficient (Wildman–Crippen LogP) is 3.94. The van der Waals surface area contributed by atoms with Crippen LogP contribution in [-0.2, 0) is 10.0 Å². The van der Waals surface area contributed by atoms with Crippen LogP contribution in [0.3, 0.4) is 0 Å². The van der Waals surface area contributed by atoms with Gasteiger partial charge in [0.05, 0.1) is 14.2 Å². The van der Waals surface area contributed by atoms with Crippen molar-refractivity contribution in [2.24, 2.45) is 4.40 Å². The van der Waals surface area contributed by atoms with E-state index in [2.05, 4.69) is 9.71 Å². The number of nitrogens with zero attached hydrogens (tertiary/aromatic N) is 1. The van der Waals surface area contributed by atoms with E-state index in [-0.39, 0.29) is 10.7 Å². The molecule has 1 N–H and O–H groups in total. The van der Waals surface area contributed by atoms with Crippen LogP contribution in [0.25, 0.3) is 4.91 Å². The van der Waals surface area contributed by atoms with E-state index in [9.17, 15) is 8.42 Å². The van der Waals surface area contributed by atoms with Gasteiger partial charge in [-0.25, -0.2) is 0 Å². The van der Waals surface area contributed by atoms with Crippen LogP contribution < -0.4 is 14.8 Å². The summed E-state index contributed by atoms with van der Waals surface area (Å²) >= 11 is 6.00. The zero-order chi connectivity index (χ0) is 18.9. The van der Waals surface area contributed by atoms with Crippen LogP contribution in [0.1, 0.15) is 12.5 Å². The lowest BCUT2D eigenvalue weighted by atomic mass is 10.1. The molecular weight excluding hydrogens is 376 g/mol. The maximum atomic E-state index is 12.5. The molecular formula is C18H17ClN2O4S. The second kappa shape index (κ2) is 7.01. The molecule has 1 heterocycles. The van der Waals surface area contributed by atoms with Crippen LogP contribution in [0, 0.1) is 0 Å². The highest BCUT2D eigenvalue weighted by atomic mass is 35.5. The molecule has 1 aliphatic heterocycles. The van der Waals surface area contributed by atoms with Crippen LogP contribution in [0.5, 0.6) is 11.5 Å². The van der Waals surface area contributed by atoms with E-state index in [0.29, 0.717) is 33.3 Å². The van der Waals surface area contributed by atoms with Crippen LogP contribution >= 0.6 is 11.6 Å². The predicted molar refractivity (Wildman–Crippen MR) is 104 cm³/mol. The molecule has 26 heavy (non-hydrogen) atoms. The molecule has 1 aliphatic rings. The summed E-state index contributed by atoms with van der Waals surface area (Å²) in [6, 6.07) is 11.9. The molecule has 6 nitrogen and oxygen atoms in total. The molecule has 0 atom stereocenters. The number of amidine groups is 1. The first-order valence-electron chi connectivity index (χ1n) is 7.67. The first kappa shape index (κ1) is 18.3. The third kappa shape index (κ3) is 3.40. The fourth-order valence-electron chi connectivity index (χ4n) is 2.70. The van der Waals surface area contributed by atoms with Gasteiger partial charge < -0.3 is 14.8 Å². The van der Waals surface area contributed by atoms with Crippen molar-refractivity contribution < 1.29 is 17.9 Å². The van der Waals surface area contributed by atoms with E-state index >= 15 is 0 Å². The summed E-state index contributed by atoms with van der Waals surface area (Å²) in [5.74, 6) is 1.36. The highest BCUT2D eigenvalue weighted by Crippen LogP contribution is 2.35. The topological polar surface area (TPSA) is 77.0 Å². The maximum Gasteiger partial charge on any atom is 0.285 e. The molecule has 3 rings (SSSR count). The number of methoxy groups -OCH3 is 2. The Kier molecular flexibility index (Phi) is 4.93. The molecule has 0 aliphatic carbocycles. The number of hydrogen-bond donors (Lipinski definition) is 1. The van der Waals surface area contributed by atoms with Crippen molar-refractivity contribution in [2.45, 2.75) is 6.92 Å². The average molecular weight is 393 g/mol. The largest absolute Gasteiger partial charge is 0.493 e. The second-order valence-electron chi connectivity index (χ2n) is 5.57. The number of nitrogens with one attached hydrogen (secondary N) is 1. The number of hydrogen-bond acceptors (Lipinski definition) is 5. The van der Waals surface area contributed by atoms with Crippen molar-refractivity contribution >= 4 is 38.1 Å². The lowest BCUT2D eigenvalue weighted by Gasteiger charge is -2.11. The molecule has 0 spiro atoms. The first-order valence-corrected chi connectivity index (χ1v) is 9.48. The number of halogens is 1. The average Bonchev–Trinajstić information content (AvgIpc) is 2.83. The molecule has 0 amide bonds. The highest BCUT2D eigenvalue weighted by molar-refractivity contribution is 8.00. The quantitative estimate of drug-likeness (QED) is 0.852. The van der Waals surface area contributed by atoms with Crippen molar-refractivity contribution in [1.82, 2.24) is 0 Å². The molecule has 136 valence electrons. The third-order valence-corrected chi connectivity index (χ3v) is 5.61. The van der Waals surface area contributed by atoms with Crippen LogP contribution in [0.2, 0.25) is 5.02 Å². The Morgan fingerprint density at radius 3 is 2.42 bits per heavy atom. The molecule has 0 saturated carbocycles. The second-order valence-corrected chi connectivity index (χ2v) is 7.55. The van der Waals surface area contributed by atoms with Crippen LogP contribution in [-0.4, -0.2) is 28.5 Å². The summed E-state index contributed by atoms with van der Waals surface area (Å²) < 4.78 is 39.4. The Hall–Kier alpha value is -2.51. The van der Waals surface area contributed by atoms with Crippen LogP contribution in [0.15, 0.2) is 52.4 Å². The van der Waals surface area contributed by atoms with Crippen molar-refractivity contribution in [2.75, 3.05) is 19.5 Å². The lowest BCUT2D eigenvalue weighted by Crippen LogP contribution is -2.11. The zero-order valence-electron chi connectivity index (χ0n) is 14.4. The van der Waals surface area contributed by atoms with Gasteiger partial charge in [-0.15, -0.1) is 4.40 Å². The fraction of sp³-hybridized carbons (Fsp3) is 0.167. The zero-order valence-corrected chi connectivity index (χ0v) is 16.0. The molecule has 0 radical (unpaired) electrons. The van der Waals surface area contributed by atoms with Gasteiger partial charge in [-0.2, -0.15) is 8.42 Å². The van der Waals surface area contributed by atoms with E-state index in [4.69, 9.17) is 21.1 Å². The van der Waals surface area contributed by atoms with Crippen LogP contribution in [0.4, 0.5) is 5.69 Å². The standard InChI is InChI=1S/C18H17ClN2O4S/c1-11-17(12-5-4-6-13(19)9-12)26(22,23)21-18(11)20-14-7-8-15(24-2)16(10-14)25-3/h4-10H,1-3H3,(H,20,21). The summed E-state index contributed by atoms with van der Waals surface area (Å²) in [6.07, 6.45) is 0. The molecule has 0 saturated heterocycles. The summed E-state index contributed by atoms with van der Waals surface area (Å²) in [5, 5.41) is 3.49. The summed E-state index contributed by atoms with van der Waals surface area (Å²) in [6.45, 7) is 1.70.